The van der Waals surface area contributed by atoms with E-state index in [0.29, 0.717) is 6.10 Å². The van der Waals surface area contributed by atoms with Gasteiger partial charge in [-0.15, -0.1) is 0 Å². The van der Waals surface area contributed by atoms with Crippen molar-refractivity contribution in [3.63, 3.8) is 0 Å². The molecule has 0 heterocycles. The number of hydrogen-bond acceptors (Lipinski definition) is 3. The van der Waals surface area contributed by atoms with E-state index in [1.54, 1.807) is 7.11 Å². The molecule has 1 fully saturated rings. The van der Waals surface area contributed by atoms with Gasteiger partial charge in [0.25, 0.3) is 0 Å². The molecule has 0 amide bonds. The van der Waals surface area contributed by atoms with Gasteiger partial charge in [0.2, 0.25) is 0 Å². The molecule has 2 N–H and O–H groups in total. The van der Waals surface area contributed by atoms with Crippen molar-refractivity contribution in [2.24, 2.45) is 5.73 Å². The highest BCUT2D eigenvalue weighted by Gasteiger charge is 2.23. The van der Waals surface area contributed by atoms with Gasteiger partial charge in [-0.1, -0.05) is 6.08 Å². The van der Waals surface area contributed by atoms with E-state index < -0.39 is 0 Å². The van der Waals surface area contributed by atoms with Gasteiger partial charge >= 0.3 is 0 Å². The van der Waals surface area contributed by atoms with Gasteiger partial charge in [-0.25, -0.2) is 0 Å². The number of allylic oxidation sites excluding steroid dienone is 1. The van der Waals surface area contributed by atoms with Crippen LogP contribution >= 0.6 is 0 Å². The molecule has 0 aromatic carbocycles. The third kappa shape index (κ3) is 2.53. The normalized spacial score (nSPS) is 27.4. The largest absolute Gasteiger partial charge is 0.492 e. The van der Waals surface area contributed by atoms with E-state index in [0.717, 1.165) is 30.7 Å². The first-order valence-corrected chi connectivity index (χ1v) is 5.66. The maximum atomic E-state index is 5.94. The number of methoxy groups -OCH3 is 1. The highest BCUT2D eigenvalue weighted by atomic mass is 16.5. The van der Waals surface area contributed by atoms with Crippen LogP contribution in [0.2, 0.25) is 0 Å². The van der Waals surface area contributed by atoms with E-state index in [4.69, 9.17) is 15.2 Å². The van der Waals surface area contributed by atoms with E-state index in [-0.39, 0.29) is 6.10 Å². The van der Waals surface area contributed by atoms with Gasteiger partial charge in [0, 0.05) is 25.3 Å². The minimum Gasteiger partial charge on any atom is -0.492 e. The van der Waals surface area contributed by atoms with Gasteiger partial charge in [-0.05, 0) is 25.7 Å². The van der Waals surface area contributed by atoms with Crippen LogP contribution in [0.5, 0.6) is 0 Å². The molecule has 2 aliphatic rings. The molecule has 1 atom stereocenters. The average molecular weight is 209 g/mol. The van der Waals surface area contributed by atoms with Crippen LogP contribution in [0.15, 0.2) is 23.6 Å². The maximum Gasteiger partial charge on any atom is 0.127 e. The van der Waals surface area contributed by atoms with E-state index in [1.165, 1.54) is 12.8 Å². The Labute approximate surface area is 90.9 Å². The summed E-state index contributed by atoms with van der Waals surface area (Å²) in [6.45, 7) is 0. The fourth-order valence-electron chi connectivity index (χ4n) is 2.20. The molecule has 1 unspecified atom stereocenters. The highest BCUT2D eigenvalue weighted by molar-refractivity contribution is 5.25. The van der Waals surface area contributed by atoms with E-state index in [9.17, 15) is 0 Å². The van der Waals surface area contributed by atoms with E-state index in [2.05, 4.69) is 0 Å². The molecule has 0 aromatic rings. The molecule has 0 saturated heterocycles. The van der Waals surface area contributed by atoms with Crippen LogP contribution in [0.25, 0.3) is 0 Å². The summed E-state index contributed by atoms with van der Waals surface area (Å²) in [6, 6.07) is 0. The molecule has 3 nitrogen and oxygen atoms in total. The summed E-state index contributed by atoms with van der Waals surface area (Å²) in [5, 5.41) is 0. The van der Waals surface area contributed by atoms with Crippen molar-refractivity contribution in [3.05, 3.63) is 23.6 Å². The summed E-state index contributed by atoms with van der Waals surface area (Å²) in [6.07, 6.45) is 10.0. The minimum absolute atomic E-state index is 0.0536. The molecule has 0 radical (unpaired) electrons. The maximum absolute atomic E-state index is 5.94. The first kappa shape index (κ1) is 10.6. The highest BCUT2D eigenvalue weighted by Crippen LogP contribution is 2.27. The van der Waals surface area contributed by atoms with Crippen molar-refractivity contribution in [2.45, 2.75) is 44.3 Å². The van der Waals surface area contributed by atoms with Crippen LogP contribution in [0.3, 0.4) is 0 Å². The van der Waals surface area contributed by atoms with Crippen LogP contribution in [-0.4, -0.2) is 19.3 Å². The van der Waals surface area contributed by atoms with Gasteiger partial charge in [0.1, 0.15) is 11.9 Å². The SMILES string of the molecule is COC1CC=C(N)C=C1OC1CCCC1. The predicted octanol–water partition coefficient (Wildman–Crippen LogP) is 2.09. The molecule has 0 aliphatic heterocycles. The minimum atomic E-state index is 0.0536. The van der Waals surface area contributed by atoms with Crippen LogP contribution in [0.4, 0.5) is 0 Å². The Morgan fingerprint density at radius 2 is 2.07 bits per heavy atom. The second-order valence-electron chi connectivity index (χ2n) is 4.24. The summed E-state index contributed by atoms with van der Waals surface area (Å²) in [7, 11) is 1.71. The van der Waals surface area contributed by atoms with Crippen molar-refractivity contribution >= 4 is 0 Å². The second-order valence-corrected chi connectivity index (χ2v) is 4.24. The van der Waals surface area contributed by atoms with Gasteiger partial charge < -0.3 is 15.2 Å². The zero-order valence-electron chi connectivity index (χ0n) is 9.24. The topological polar surface area (TPSA) is 44.5 Å². The van der Waals surface area contributed by atoms with Crippen LogP contribution in [0.1, 0.15) is 32.1 Å². The summed E-state index contributed by atoms with van der Waals surface area (Å²) < 4.78 is 11.3. The molecule has 0 bridgehead atoms. The number of rotatable bonds is 3. The van der Waals surface area contributed by atoms with Crippen LogP contribution < -0.4 is 5.73 Å². The molecule has 84 valence electrons. The number of nitrogens with two attached hydrogens (primary N) is 1. The molecular formula is C12H19NO2. The molecule has 0 aromatic heterocycles. The molecule has 15 heavy (non-hydrogen) atoms. The van der Waals surface area contributed by atoms with Crippen molar-refractivity contribution in [1.29, 1.82) is 0 Å². The standard InChI is InChI=1S/C12H19NO2/c1-14-11-7-6-9(13)8-12(11)15-10-4-2-3-5-10/h6,8,10-11H,2-5,7,13H2,1H3. The summed E-state index contributed by atoms with van der Waals surface area (Å²) in [5.41, 5.74) is 6.55. The second kappa shape index (κ2) is 4.71. The van der Waals surface area contributed by atoms with Gasteiger partial charge in [0.05, 0.1) is 6.10 Å². The zero-order chi connectivity index (χ0) is 10.7. The lowest BCUT2D eigenvalue weighted by atomic mass is 10.1. The Morgan fingerprint density at radius 3 is 2.73 bits per heavy atom. The van der Waals surface area contributed by atoms with Gasteiger partial charge in [0.15, 0.2) is 0 Å². The molecule has 0 spiro atoms. The summed E-state index contributed by atoms with van der Waals surface area (Å²) in [5.74, 6) is 0.907. The van der Waals surface area contributed by atoms with Crippen molar-refractivity contribution in [3.8, 4) is 0 Å². The Hall–Kier alpha value is -0.960. The van der Waals surface area contributed by atoms with E-state index >= 15 is 0 Å². The third-order valence-electron chi connectivity index (χ3n) is 3.08. The lowest BCUT2D eigenvalue weighted by Crippen LogP contribution is -2.23. The average Bonchev–Trinajstić information content (AvgIpc) is 2.71. The van der Waals surface area contributed by atoms with Gasteiger partial charge in [-0.2, -0.15) is 0 Å². The lowest BCUT2D eigenvalue weighted by molar-refractivity contribution is 0.0318. The Morgan fingerprint density at radius 1 is 1.33 bits per heavy atom. The molecule has 1 saturated carbocycles. The Kier molecular flexibility index (Phi) is 3.31. The van der Waals surface area contributed by atoms with Crippen molar-refractivity contribution in [1.82, 2.24) is 0 Å². The van der Waals surface area contributed by atoms with Crippen molar-refractivity contribution < 1.29 is 9.47 Å². The number of hydrogen-bond donors (Lipinski definition) is 1. The smallest absolute Gasteiger partial charge is 0.127 e. The zero-order valence-corrected chi connectivity index (χ0v) is 9.24. The van der Waals surface area contributed by atoms with Gasteiger partial charge in [-0.3, -0.25) is 0 Å². The van der Waals surface area contributed by atoms with Crippen LogP contribution in [0, 0.1) is 0 Å². The van der Waals surface area contributed by atoms with Crippen molar-refractivity contribution in [2.75, 3.05) is 7.11 Å². The quantitative estimate of drug-likeness (QED) is 0.774. The summed E-state index contributed by atoms with van der Waals surface area (Å²) >= 11 is 0. The first-order valence-electron chi connectivity index (χ1n) is 5.66. The lowest BCUT2D eigenvalue weighted by Gasteiger charge is -2.24. The summed E-state index contributed by atoms with van der Waals surface area (Å²) in [4.78, 5) is 0. The molecule has 2 aliphatic carbocycles. The molecule has 2 rings (SSSR count). The number of ether oxygens (including phenoxy) is 2. The monoisotopic (exact) mass is 209 g/mol. The fraction of sp³-hybridized carbons (Fsp3) is 0.667. The Bertz CT molecular complexity index is 277. The predicted molar refractivity (Wildman–Crippen MR) is 59.1 cm³/mol. The first-order chi connectivity index (χ1) is 7.29. The van der Waals surface area contributed by atoms with E-state index in [1.807, 2.05) is 12.2 Å². The molecule has 3 heteroatoms. The Balaban J connectivity index is 2.00. The third-order valence-corrected chi connectivity index (χ3v) is 3.08. The molecular weight excluding hydrogens is 190 g/mol. The van der Waals surface area contributed by atoms with Crippen LogP contribution in [-0.2, 0) is 9.47 Å². The fourth-order valence-corrected chi connectivity index (χ4v) is 2.20.